The molecule has 2 aromatic rings. The molecular weight excluding hydrogens is 314 g/mol. The monoisotopic (exact) mass is 343 g/mol. The van der Waals surface area contributed by atoms with E-state index in [1.165, 1.54) is 0 Å². The van der Waals surface area contributed by atoms with Crippen molar-refractivity contribution in [2.75, 3.05) is 45.3 Å². The lowest BCUT2D eigenvalue weighted by Gasteiger charge is -2.32. The zero-order valence-electron chi connectivity index (χ0n) is 15.3. The molecule has 5 heteroatoms. The van der Waals surface area contributed by atoms with Crippen LogP contribution in [0.1, 0.15) is 26.2 Å². The number of pyridine rings is 1. The molecule has 3 rings (SSSR count). The summed E-state index contributed by atoms with van der Waals surface area (Å²) in [6.45, 7) is 6.92. The highest BCUT2D eigenvalue weighted by Crippen LogP contribution is 2.30. The number of ether oxygens (including phenoxy) is 2. The fraction of sp³-hybridized carbons (Fsp3) is 0.550. The van der Waals surface area contributed by atoms with E-state index < -0.39 is 0 Å². The Morgan fingerprint density at radius 3 is 2.80 bits per heavy atom. The van der Waals surface area contributed by atoms with Crippen molar-refractivity contribution in [1.29, 1.82) is 0 Å². The number of nitrogens with zero attached hydrogens (tertiary/aromatic N) is 2. The van der Waals surface area contributed by atoms with Crippen molar-refractivity contribution in [2.45, 2.75) is 32.2 Å². The van der Waals surface area contributed by atoms with Gasteiger partial charge in [-0.1, -0.05) is 19.1 Å². The van der Waals surface area contributed by atoms with Gasteiger partial charge in [0.2, 0.25) is 0 Å². The van der Waals surface area contributed by atoms with Crippen molar-refractivity contribution in [1.82, 2.24) is 9.88 Å². The van der Waals surface area contributed by atoms with Crippen LogP contribution in [0.25, 0.3) is 10.9 Å². The molecule has 1 fully saturated rings. The number of fused-ring (bicyclic) bond motifs is 1. The second-order valence-electron chi connectivity index (χ2n) is 6.61. The molecule has 0 spiro atoms. The van der Waals surface area contributed by atoms with Crippen LogP contribution < -0.4 is 10.1 Å². The highest BCUT2D eigenvalue weighted by molar-refractivity contribution is 5.94. The smallest absolute Gasteiger partial charge is 0.145 e. The summed E-state index contributed by atoms with van der Waals surface area (Å²) in [5.74, 6) is 0.873. The quantitative estimate of drug-likeness (QED) is 0.794. The molecule has 5 nitrogen and oxygen atoms in total. The first kappa shape index (κ1) is 18.0. The number of anilines is 1. The normalized spacial score (nSPS) is 16.2. The fourth-order valence-corrected chi connectivity index (χ4v) is 3.34. The van der Waals surface area contributed by atoms with Gasteiger partial charge in [0.25, 0.3) is 0 Å². The van der Waals surface area contributed by atoms with Crippen molar-refractivity contribution in [3.05, 3.63) is 30.5 Å². The predicted molar refractivity (Wildman–Crippen MR) is 102 cm³/mol. The Hall–Kier alpha value is -1.85. The minimum atomic E-state index is 0.504. The van der Waals surface area contributed by atoms with Crippen molar-refractivity contribution in [3.8, 4) is 5.75 Å². The van der Waals surface area contributed by atoms with Crippen LogP contribution in [0.15, 0.2) is 30.5 Å². The topological polar surface area (TPSA) is 46.6 Å². The van der Waals surface area contributed by atoms with Crippen LogP contribution in [0.4, 0.5) is 5.69 Å². The van der Waals surface area contributed by atoms with Gasteiger partial charge >= 0.3 is 0 Å². The Labute approximate surface area is 150 Å². The van der Waals surface area contributed by atoms with E-state index in [0.29, 0.717) is 6.04 Å². The van der Waals surface area contributed by atoms with E-state index in [2.05, 4.69) is 34.3 Å². The van der Waals surface area contributed by atoms with Crippen LogP contribution in [-0.2, 0) is 4.74 Å². The number of likely N-dealkylation sites (tertiary alicyclic amines) is 1. The van der Waals surface area contributed by atoms with Gasteiger partial charge in [-0.25, -0.2) is 0 Å². The lowest BCUT2D eigenvalue weighted by molar-refractivity contribution is 0.132. The van der Waals surface area contributed by atoms with Crippen molar-refractivity contribution in [2.24, 2.45) is 0 Å². The second kappa shape index (κ2) is 9.02. The minimum Gasteiger partial charge on any atom is -0.491 e. The number of benzene rings is 1. The van der Waals surface area contributed by atoms with Gasteiger partial charge in [0.1, 0.15) is 11.3 Å². The largest absolute Gasteiger partial charge is 0.491 e. The Kier molecular flexibility index (Phi) is 6.48. The summed E-state index contributed by atoms with van der Waals surface area (Å²) < 4.78 is 11.0. The van der Waals surface area contributed by atoms with Gasteiger partial charge in [0.05, 0.1) is 13.2 Å². The molecule has 2 heterocycles. The molecule has 1 aromatic carbocycles. The van der Waals surface area contributed by atoms with Gasteiger partial charge in [-0.2, -0.15) is 0 Å². The van der Waals surface area contributed by atoms with Crippen LogP contribution in [-0.4, -0.2) is 55.9 Å². The summed E-state index contributed by atoms with van der Waals surface area (Å²) in [7, 11) is 1.77. The summed E-state index contributed by atoms with van der Waals surface area (Å²) in [5, 5.41) is 4.87. The average molecular weight is 343 g/mol. The summed E-state index contributed by atoms with van der Waals surface area (Å²) in [6, 6.07) is 8.75. The number of piperidine rings is 1. The highest BCUT2D eigenvalue weighted by Gasteiger charge is 2.19. The van der Waals surface area contributed by atoms with E-state index in [1.54, 1.807) is 7.11 Å². The van der Waals surface area contributed by atoms with Crippen LogP contribution >= 0.6 is 0 Å². The molecule has 0 atom stereocenters. The van der Waals surface area contributed by atoms with Gasteiger partial charge in [0.15, 0.2) is 0 Å². The molecule has 1 saturated heterocycles. The molecule has 1 aliphatic rings. The van der Waals surface area contributed by atoms with Crippen LogP contribution in [0, 0.1) is 0 Å². The molecule has 0 saturated carbocycles. The number of nitrogens with one attached hydrogen (secondary N) is 1. The minimum absolute atomic E-state index is 0.504. The molecule has 0 amide bonds. The lowest BCUT2D eigenvalue weighted by atomic mass is 10.0. The van der Waals surface area contributed by atoms with Gasteiger partial charge in [-0.05, 0) is 31.4 Å². The SMILES string of the molecule is CCCOc1cccc2c(NC3CCN(CCOC)CC3)ccnc12. The molecule has 25 heavy (non-hydrogen) atoms. The maximum atomic E-state index is 5.86. The zero-order valence-corrected chi connectivity index (χ0v) is 15.3. The molecule has 1 aromatic heterocycles. The third kappa shape index (κ3) is 4.61. The summed E-state index contributed by atoms with van der Waals surface area (Å²) in [6.07, 6.45) is 5.17. The number of hydrogen-bond acceptors (Lipinski definition) is 5. The molecule has 0 bridgehead atoms. The first-order valence-corrected chi connectivity index (χ1v) is 9.30. The van der Waals surface area contributed by atoms with E-state index >= 15 is 0 Å². The maximum absolute atomic E-state index is 5.86. The van der Waals surface area contributed by atoms with E-state index in [4.69, 9.17) is 9.47 Å². The Balaban J connectivity index is 1.68. The second-order valence-corrected chi connectivity index (χ2v) is 6.61. The van der Waals surface area contributed by atoms with E-state index in [0.717, 1.165) is 74.5 Å². The molecule has 0 unspecified atom stereocenters. The summed E-state index contributed by atoms with van der Waals surface area (Å²) in [4.78, 5) is 7.02. The lowest BCUT2D eigenvalue weighted by Crippen LogP contribution is -2.40. The number of methoxy groups -OCH3 is 1. The van der Waals surface area contributed by atoms with Crippen LogP contribution in [0.2, 0.25) is 0 Å². The van der Waals surface area contributed by atoms with Crippen molar-refractivity contribution < 1.29 is 9.47 Å². The number of hydrogen-bond donors (Lipinski definition) is 1. The van der Waals surface area contributed by atoms with Crippen molar-refractivity contribution in [3.63, 3.8) is 0 Å². The van der Waals surface area contributed by atoms with Crippen LogP contribution in [0.5, 0.6) is 5.75 Å². The third-order valence-electron chi connectivity index (χ3n) is 4.75. The van der Waals surface area contributed by atoms with E-state index in [1.807, 2.05) is 18.3 Å². The van der Waals surface area contributed by atoms with Gasteiger partial charge in [-0.3, -0.25) is 4.98 Å². The van der Waals surface area contributed by atoms with Gasteiger partial charge < -0.3 is 19.7 Å². The average Bonchev–Trinajstić information content (AvgIpc) is 2.66. The number of para-hydroxylation sites is 1. The zero-order chi connectivity index (χ0) is 17.5. The van der Waals surface area contributed by atoms with E-state index in [9.17, 15) is 0 Å². The Morgan fingerprint density at radius 2 is 2.04 bits per heavy atom. The molecule has 0 aliphatic carbocycles. The molecule has 1 N–H and O–H groups in total. The predicted octanol–water partition coefficient (Wildman–Crippen LogP) is 3.55. The molecule has 136 valence electrons. The summed E-state index contributed by atoms with van der Waals surface area (Å²) >= 11 is 0. The highest BCUT2D eigenvalue weighted by atomic mass is 16.5. The third-order valence-corrected chi connectivity index (χ3v) is 4.75. The number of aromatic nitrogens is 1. The maximum Gasteiger partial charge on any atom is 0.145 e. The van der Waals surface area contributed by atoms with E-state index in [-0.39, 0.29) is 0 Å². The number of rotatable bonds is 8. The first-order chi connectivity index (χ1) is 12.3. The molecular formula is C20H29N3O2. The molecule has 1 aliphatic heterocycles. The molecule has 0 radical (unpaired) electrons. The van der Waals surface area contributed by atoms with Gasteiger partial charge in [-0.15, -0.1) is 0 Å². The Morgan fingerprint density at radius 1 is 1.20 bits per heavy atom. The van der Waals surface area contributed by atoms with Crippen molar-refractivity contribution >= 4 is 16.6 Å². The summed E-state index contributed by atoms with van der Waals surface area (Å²) in [5.41, 5.74) is 2.10. The first-order valence-electron chi connectivity index (χ1n) is 9.30. The van der Waals surface area contributed by atoms with Gasteiger partial charge in [0, 0.05) is 50.1 Å². The Bertz CT molecular complexity index is 669. The van der Waals surface area contributed by atoms with Crippen LogP contribution in [0.3, 0.4) is 0 Å². The fourth-order valence-electron chi connectivity index (χ4n) is 3.34. The standard InChI is InChI=1S/C20H29N3O2/c1-3-14-25-19-6-4-5-17-18(7-10-21-20(17)19)22-16-8-11-23(12-9-16)13-15-24-2/h4-7,10,16H,3,8-9,11-15H2,1-2H3,(H,21,22).